The van der Waals surface area contributed by atoms with Gasteiger partial charge >= 0.3 is 0 Å². The Balaban J connectivity index is 2.42. The van der Waals surface area contributed by atoms with Crippen molar-refractivity contribution in [3.63, 3.8) is 0 Å². The number of hydrogen-bond acceptors (Lipinski definition) is 5. The number of unbranched alkanes of at least 4 members (excludes halogenated alkanes) is 1. The van der Waals surface area contributed by atoms with Gasteiger partial charge < -0.3 is 20.6 Å². The molecule has 1 aromatic rings. The molecule has 0 aromatic heterocycles. The smallest absolute Gasteiger partial charge is 0.119 e. The molecule has 0 radical (unpaired) electrons. The van der Waals surface area contributed by atoms with Crippen molar-refractivity contribution >= 4 is 6.08 Å². The largest absolute Gasteiger partial charge is 0.494 e. The van der Waals surface area contributed by atoms with Gasteiger partial charge in [-0.3, -0.25) is 0 Å². The highest BCUT2D eigenvalue weighted by Gasteiger charge is 2.11. The lowest BCUT2D eigenvalue weighted by Gasteiger charge is -2.21. The second-order valence-electron chi connectivity index (χ2n) is 4.96. The first-order chi connectivity index (χ1) is 10.2. The van der Waals surface area contributed by atoms with E-state index in [-0.39, 0.29) is 12.2 Å². The lowest BCUT2D eigenvalue weighted by molar-refractivity contribution is 0.0993. The summed E-state index contributed by atoms with van der Waals surface area (Å²) in [6.07, 6.45) is 5.87. The summed E-state index contributed by atoms with van der Waals surface area (Å²) in [5.74, 6) is 0.904. The lowest BCUT2D eigenvalue weighted by atomic mass is 10.2. The molecule has 5 nitrogen and oxygen atoms in total. The molecule has 0 saturated carbocycles. The number of hydroxylamine groups is 1. The van der Waals surface area contributed by atoms with Gasteiger partial charge in [-0.15, -0.1) is 0 Å². The zero-order valence-corrected chi connectivity index (χ0v) is 13.1. The van der Waals surface area contributed by atoms with Gasteiger partial charge in [-0.1, -0.05) is 25.5 Å². The zero-order chi connectivity index (χ0) is 15.5. The molecule has 2 atom stereocenters. The Labute approximate surface area is 127 Å². The highest BCUT2D eigenvalue weighted by Crippen LogP contribution is 2.13. The molecule has 5 heteroatoms. The Bertz CT molecular complexity index is 402. The summed E-state index contributed by atoms with van der Waals surface area (Å²) in [7, 11) is 1.78. The molecule has 0 bridgehead atoms. The standard InChI is InChI=1S/C16H27N3O2/c1-4-5-12-21-15-8-6-14(7-9-15)10-11-18-13(2)16(17-3)19-20/h6-11,13,16-20H,4-5,12H2,1-3H3. The van der Waals surface area contributed by atoms with Crippen LogP contribution in [0.4, 0.5) is 0 Å². The topological polar surface area (TPSA) is 65.5 Å². The van der Waals surface area contributed by atoms with Gasteiger partial charge in [0, 0.05) is 0 Å². The van der Waals surface area contributed by atoms with E-state index >= 15 is 0 Å². The number of benzene rings is 1. The van der Waals surface area contributed by atoms with Crippen LogP contribution < -0.4 is 20.9 Å². The van der Waals surface area contributed by atoms with E-state index in [1.165, 1.54) is 0 Å². The van der Waals surface area contributed by atoms with Crippen LogP contribution in [0.3, 0.4) is 0 Å². The van der Waals surface area contributed by atoms with Crippen LogP contribution in [-0.4, -0.2) is 31.1 Å². The maximum Gasteiger partial charge on any atom is 0.119 e. The minimum atomic E-state index is -0.205. The van der Waals surface area contributed by atoms with Crippen LogP contribution in [0.5, 0.6) is 5.75 Å². The van der Waals surface area contributed by atoms with Crippen molar-refractivity contribution in [2.75, 3.05) is 13.7 Å². The molecule has 0 aliphatic heterocycles. The molecule has 0 heterocycles. The molecule has 1 aromatic carbocycles. The van der Waals surface area contributed by atoms with Crippen LogP contribution in [0, 0.1) is 0 Å². The third-order valence-corrected chi connectivity index (χ3v) is 3.23. The SMILES string of the molecule is CCCCOc1ccc(C=CNC(C)C(NC)NO)cc1. The fraction of sp³-hybridized carbons (Fsp3) is 0.500. The monoisotopic (exact) mass is 293 g/mol. The molecule has 0 aliphatic carbocycles. The van der Waals surface area contributed by atoms with Gasteiger partial charge in [-0.05, 0) is 50.4 Å². The predicted octanol–water partition coefficient (Wildman–Crippen LogP) is 2.34. The molecule has 0 saturated heterocycles. The van der Waals surface area contributed by atoms with Crippen molar-refractivity contribution in [1.29, 1.82) is 0 Å². The van der Waals surface area contributed by atoms with Crippen LogP contribution in [0.1, 0.15) is 32.3 Å². The summed E-state index contributed by atoms with van der Waals surface area (Å²) in [5, 5.41) is 15.1. The Morgan fingerprint density at radius 3 is 2.57 bits per heavy atom. The van der Waals surface area contributed by atoms with Gasteiger partial charge in [-0.2, -0.15) is 5.48 Å². The molecule has 0 amide bonds. The second kappa shape index (κ2) is 10.2. The van der Waals surface area contributed by atoms with Gasteiger partial charge in [0.25, 0.3) is 0 Å². The van der Waals surface area contributed by atoms with E-state index in [0.29, 0.717) is 0 Å². The Kier molecular flexibility index (Phi) is 8.50. The summed E-state index contributed by atoms with van der Waals surface area (Å²) < 4.78 is 5.62. The van der Waals surface area contributed by atoms with E-state index in [0.717, 1.165) is 30.8 Å². The highest BCUT2D eigenvalue weighted by molar-refractivity contribution is 5.50. The summed E-state index contributed by atoms with van der Waals surface area (Å²) >= 11 is 0. The zero-order valence-electron chi connectivity index (χ0n) is 13.1. The van der Waals surface area contributed by atoms with Crippen molar-refractivity contribution in [1.82, 2.24) is 16.1 Å². The van der Waals surface area contributed by atoms with Gasteiger partial charge in [0.1, 0.15) is 11.9 Å². The van der Waals surface area contributed by atoms with E-state index < -0.39 is 0 Å². The average Bonchev–Trinajstić information content (AvgIpc) is 2.50. The normalized spacial score (nSPS) is 14.1. The fourth-order valence-electron chi connectivity index (χ4n) is 1.83. The third-order valence-electron chi connectivity index (χ3n) is 3.23. The maximum atomic E-state index is 8.94. The second-order valence-corrected chi connectivity index (χ2v) is 4.96. The van der Waals surface area contributed by atoms with E-state index in [2.05, 4.69) is 23.0 Å². The fourth-order valence-corrected chi connectivity index (χ4v) is 1.83. The first-order valence-corrected chi connectivity index (χ1v) is 7.43. The van der Waals surface area contributed by atoms with Crippen LogP contribution in [-0.2, 0) is 0 Å². The summed E-state index contributed by atoms with van der Waals surface area (Å²) in [6.45, 7) is 4.89. The van der Waals surface area contributed by atoms with Crippen LogP contribution in [0.2, 0.25) is 0 Å². The molecule has 118 valence electrons. The number of likely N-dealkylation sites (N-methyl/N-ethyl adjacent to an activating group) is 1. The minimum absolute atomic E-state index is 0.0490. The Hall–Kier alpha value is -1.56. The summed E-state index contributed by atoms with van der Waals surface area (Å²) in [6, 6.07) is 8.04. The van der Waals surface area contributed by atoms with E-state index in [1.807, 2.05) is 43.5 Å². The molecule has 4 N–H and O–H groups in total. The van der Waals surface area contributed by atoms with Crippen molar-refractivity contribution in [2.45, 2.75) is 38.9 Å². The average molecular weight is 293 g/mol. The third kappa shape index (κ3) is 6.62. The van der Waals surface area contributed by atoms with Crippen LogP contribution >= 0.6 is 0 Å². The Morgan fingerprint density at radius 2 is 2.00 bits per heavy atom. The molecule has 0 spiro atoms. The molecule has 2 unspecified atom stereocenters. The summed E-state index contributed by atoms with van der Waals surface area (Å²) in [4.78, 5) is 0. The molecule has 1 rings (SSSR count). The van der Waals surface area contributed by atoms with E-state index in [1.54, 1.807) is 7.05 Å². The molecular weight excluding hydrogens is 266 g/mol. The lowest BCUT2D eigenvalue weighted by Crippen LogP contribution is -2.51. The Morgan fingerprint density at radius 1 is 1.29 bits per heavy atom. The molecular formula is C16H27N3O2. The van der Waals surface area contributed by atoms with Gasteiger partial charge in [0.15, 0.2) is 0 Å². The maximum absolute atomic E-state index is 8.94. The van der Waals surface area contributed by atoms with Gasteiger partial charge in [-0.25, -0.2) is 0 Å². The van der Waals surface area contributed by atoms with Crippen molar-refractivity contribution < 1.29 is 9.94 Å². The first kappa shape index (κ1) is 17.5. The quantitative estimate of drug-likeness (QED) is 0.303. The van der Waals surface area contributed by atoms with Crippen LogP contribution in [0.15, 0.2) is 30.5 Å². The first-order valence-electron chi connectivity index (χ1n) is 7.43. The summed E-state index contributed by atoms with van der Waals surface area (Å²) in [5.41, 5.74) is 3.30. The number of nitrogens with one attached hydrogen (secondary N) is 3. The number of rotatable bonds is 10. The van der Waals surface area contributed by atoms with Crippen LogP contribution in [0.25, 0.3) is 6.08 Å². The highest BCUT2D eigenvalue weighted by atomic mass is 16.5. The van der Waals surface area contributed by atoms with Gasteiger partial charge in [0.2, 0.25) is 0 Å². The molecule has 0 aliphatic rings. The molecule has 21 heavy (non-hydrogen) atoms. The minimum Gasteiger partial charge on any atom is -0.494 e. The number of ether oxygens (including phenoxy) is 1. The number of hydrogen-bond donors (Lipinski definition) is 4. The van der Waals surface area contributed by atoms with Gasteiger partial charge in [0.05, 0.1) is 12.6 Å². The van der Waals surface area contributed by atoms with E-state index in [4.69, 9.17) is 9.94 Å². The van der Waals surface area contributed by atoms with Crippen molar-refractivity contribution in [2.24, 2.45) is 0 Å². The van der Waals surface area contributed by atoms with Crippen molar-refractivity contribution in [3.05, 3.63) is 36.0 Å². The van der Waals surface area contributed by atoms with E-state index in [9.17, 15) is 0 Å². The predicted molar refractivity (Wildman–Crippen MR) is 86.2 cm³/mol. The van der Waals surface area contributed by atoms with Crippen molar-refractivity contribution in [3.8, 4) is 5.75 Å². The molecule has 0 fully saturated rings.